The second-order valence-corrected chi connectivity index (χ2v) is 8.86. The molecule has 36 heavy (non-hydrogen) atoms. The van der Waals surface area contributed by atoms with Crippen molar-refractivity contribution in [1.82, 2.24) is 5.32 Å². The van der Waals surface area contributed by atoms with Gasteiger partial charge in [0.1, 0.15) is 17.2 Å². The van der Waals surface area contributed by atoms with Crippen molar-refractivity contribution in [2.75, 3.05) is 0 Å². The first-order chi connectivity index (χ1) is 16.7. The van der Waals surface area contributed by atoms with E-state index in [-0.39, 0.29) is 12.1 Å². The summed E-state index contributed by atoms with van der Waals surface area (Å²) in [4.78, 5) is 23.7. The Morgan fingerprint density at radius 1 is 0.917 bits per heavy atom. The third-order valence-electron chi connectivity index (χ3n) is 5.30. The minimum Gasteiger partial charge on any atom is -0.478 e. The Morgan fingerprint density at radius 3 is 2.17 bits per heavy atom. The van der Waals surface area contributed by atoms with Gasteiger partial charge in [0.25, 0.3) is 5.91 Å². The molecule has 190 valence electrons. The molecule has 0 aliphatic rings. The Morgan fingerprint density at radius 2 is 1.58 bits per heavy atom. The van der Waals surface area contributed by atoms with Crippen LogP contribution in [0.4, 0.5) is 13.2 Å². The van der Waals surface area contributed by atoms with E-state index in [0.717, 1.165) is 35.4 Å². The first kappa shape index (κ1) is 26.6. The predicted octanol–water partition coefficient (Wildman–Crippen LogP) is 6.29. The number of benzene rings is 3. The monoisotopic (exact) mass is 501 g/mol. The van der Waals surface area contributed by atoms with E-state index in [1.165, 1.54) is 13.8 Å². The van der Waals surface area contributed by atoms with E-state index in [4.69, 9.17) is 9.47 Å². The van der Waals surface area contributed by atoms with Gasteiger partial charge in [0.15, 0.2) is 5.60 Å². The van der Waals surface area contributed by atoms with Gasteiger partial charge in [-0.05, 0) is 99.0 Å². The van der Waals surface area contributed by atoms with Crippen molar-refractivity contribution < 1.29 is 37.3 Å². The van der Waals surface area contributed by atoms with E-state index in [1.807, 2.05) is 19.1 Å². The molecule has 0 saturated heterocycles. The van der Waals surface area contributed by atoms with E-state index in [1.54, 1.807) is 31.2 Å². The lowest BCUT2D eigenvalue weighted by Gasteiger charge is -2.23. The van der Waals surface area contributed by atoms with Gasteiger partial charge in [0.2, 0.25) is 0 Å². The molecule has 2 N–H and O–H groups in total. The Kier molecular flexibility index (Phi) is 7.62. The van der Waals surface area contributed by atoms with Gasteiger partial charge in [-0.2, -0.15) is 13.2 Å². The van der Waals surface area contributed by atoms with Gasteiger partial charge in [-0.3, -0.25) is 4.79 Å². The fraction of sp³-hybridized carbons (Fsp3) is 0.259. The number of amides is 1. The zero-order valence-corrected chi connectivity index (χ0v) is 20.2. The number of aryl methyl sites for hydroxylation is 2. The van der Waals surface area contributed by atoms with Gasteiger partial charge in [-0.1, -0.05) is 6.07 Å². The summed E-state index contributed by atoms with van der Waals surface area (Å²) >= 11 is 0. The number of hydrogen-bond donors (Lipinski definition) is 2. The van der Waals surface area contributed by atoms with Crippen LogP contribution in [0, 0.1) is 13.8 Å². The van der Waals surface area contributed by atoms with Gasteiger partial charge in [-0.25, -0.2) is 4.79 Å². The minimum atomic E-state index is -4.46. The van der Waals surface area contributed by atoms with Crippen LogP contribution in [-0.4, -0.2) is 22.6 Å². The number of carboxylic acid groups (broad SMARTS) is 1. The van der Waals surface area contributed by atoms with E-state index in [9.17, 15) is 27.9 Å². The van der Waals surface area contributed by atoms with E-state index in [2.05, 4.69) is 5.32 Å². The molecular weight excluding hydrogens is 475 g/mol. The van der Waals surface area contributed by atoms with Crippen LogP contribution in [0.1, 0.15) is 46.5 Å². The lowest BCUT2D eigenvalue weighted by molar-refractivity contribution is -0.152. The fourth-order valence-corrected chi connectivity index (χ4v) is 3.34. The second kappa shape index (κ2) is 10.3. The molecule has 3 aromatic rings. The summed E-state index contributed by atoms with van der Waals surface area (Å²) in [5.74, 6) is -0.125. The molecule has 0 unspecified atom stereocenters. The van der Waals surface area contributed by atoms with Crippen LogP contribution >= 0.6 is 0 Å². The number of carboxylic acids is 1. The maximum absolute atomic E-state index is 12.7. The highest BCUT2D eigenvalue weighted by Gasteiger charge is 2.31. The Labute approximate surface area is 206 Å². The number of carbonyl (C=O) groups is 2. The molecule has 0 aliphatic carbocycles. The number of ether oxygens (including phenoxy) is 2. The number of aliphatic carboxylic acids is 1. The summed E-state index contributed by atoms with van der Waals surface area (Å²) < 4.78 is 49.7. The number of hydrogen-bond acceptors (Lipinski definition) is 4. The molecule has 1 amide bonds. The fourth-order valence-electron chi connectivity index (χ4n) is 3.34. The van der Waals surface area contributed by atoms with Crippen molar-refractivity contribution in [1.29, 1.82) is 0 Å². The van der Waals surface area contributed by atoms with Crippen LogP contribution in [0.15, 0.2) is 60.7 Å². The van der Waals surface area contributed by atoms with Crippen LogP contribution in [-0.2, 0) is 17.5 Å². The van der Waals surface area contributed by atoms with E-state index >= 15 is 0 Å². The van der Waals surface area contributed by atoms with Crippen molar-refractivity contribution in [2.24, 2.45) is 0 Å². The topological polar surface area (TPSA) is 84.9 Å². The Hall–Kier alpha value is -4.01. The highest BCUT2D eigenvalue weighted by Crippen LogP contribution is 2.31. The van der Waals surface area contributed by atoms with Gasteiger partial charge in [0, 0.05) is 12.1 Å². The maximum atomic E-state index is 12.7. The standard InChI is InChI=1S/C27H26F3NO5/c1-16-11-18(15-31-24(32)19-5-7-20(8-6-19)27(28,29)30)14-22(12-16)35-21-9-10-23(17(2)13-21)36-26(3,4)25(33)34/h5-14H,15H2,1-4H3,(H,31,32)(H,33,34). The summed E-state index contributed by atoms with van der Waals surface area (Å²) in [5, 5.41) is 12.0. The zero-order chi connectivity index (χ0) is 26.7. The molecular formula is C27H26F3NO5. The molecule has 0 fully saturated rings. The molecule has 3 rings (SSSR count). The molecule has 6 nitrogen and oxygen atoms in total. The van der Waals surface area contributed by atoms with Gasteiger partial charge >= 0.3 is 12.1 Å². The lowest BCUT2D eigenvalue weighted by Crippen LogP contribution is -2.38. The zero-order valence-electron chi connectivity index (χ0n) is 20.2. The van der Waals surface area contributed by atoms with E-state index in [0.29, 0.717) is 22.8 Å². The number of carbonyl (C=O) groups excluding carboxylic acids is 1. The molecule has 0 saturated carbocycles. The number of halogens is 3. The summed E-state index contributed by atoms with van der Waals surface area (Å²) in [7, 11) is 0. The highest BCUT2D eigenvalue weighted by atomic mass is 19.4. The van der Waals surface area contributed by atoms with Gasteiger partial charge in [0.05, 0.1) is 5.56 Å². The SMILES string of the molecule is Cc1cc(CNC(=O)c2ccc(C(F)(F)F)cc2)cc(Oc2ccc(OC(C)(C)C(=O)O)c(C)c2)c1. The van der Waals surface area contributed by atoms with Crippen molar-refractivity contribution in [3.05, 3.63) is 88.5 Å². The summed E-state index contributed by atoms with van der Waals surface area (Å²) in [5.41, 5.74) is 0.231. The Balaban J connectivity index is 1.67. The molecule has 9 heteroatoms. The van der Waals surface area contributed by atoms with Crippen molar-refractivity contribution in [3.8, 4) is 17.2 Å². The molecule has 0 radical (unpaired) electrons. The summed E-state index contributed by atoms with van der Waals surface area (Å²) in [6.45, 7) is 6.71. The molecule has 0 aromatic heterocycles. The normalized spacial score (nSPS) is 11.6. The molecule has 0 atom stereocenters. The van der Waals surface area contributed by atoms with Crippen LogP contribution in [0.25, 0.3) is 0 Å². The van der Waals surface area contributed by atoms with Gasteiger partial charge in [-0.15, -0.1) is 0 Å². The summed E-state index contributed by atoms with van der Waals surface area (Å²) in [6.07, 6.45) is -4.46. The third kappa shape index (κ3) is 6.78. The van der Waals surface area contributed by atoms with E-state index < -0.39 is 29.2 Å². The molecule has 3 aromatic carbocycles. The average molecular weight is 502 g/mol. The molecule has 0 aliphatic heterocycles. The lowest BCUT2D eigenvalue weighted by atomic mass is 10.1. The van der Waals surface area contributed by atoms with Crippen LogP contribution in [0.2, 0.25) is 0 Å². The number of nitrogens with one attached hydrogen (secondary N) is 1. The van der Waals surface area contributed by atoms with Crippen molar-refractivity contribution in [2.45, 2.75) is 46.0 Å². The second-order valence-electron chi connectivity index (χ2n) is 8.86. The number of alkyl halides is 3. The predicted molar refractivity (Wildman–Crippen MR) is 127 cm³/mol. The van der Waals surface area contributed by atoms with Crippen molar-refractivity contribution in [3.63, 3.8) is 0 Å². The van der Waals surface area contributed by atoms with Crippen molar-refractivity contribution >= 4 is 11.9 Å². The molecule has 0 bridgehead atoms. The van der Waals surface area contributed by atoms with Crippen LogP contribution < -0.4 is 14.8 Å². The van der Waals surface area contributed by atoms with Gasteiger partial charge < -0.3 is 19.9 Å². The average Bonchev–Trinajstić information content (AvgIpc) is 2.78. The third-order valence-corrected chi connectivity index (χ3v) is 5.30. The quantitative estimate of drug-likeness (QED) is 0.379. The summed E-state index contributed by atoms with van der Waals surface area (Å²) in [6, 6.07) is 14.4. The van der Waals surface area contributed by atoms with Crippen LogP contribution in [0.5, 0.6) is 17.2 Å². The largest absolute Gasteiger partial charge is 0.478 e. The highest BCUT2D eigenvalue weighted by molar-refractivity contribution is 5.94. The number of rotatable bonds is 8. The first-order valence-electron chi connectivity index (χ1n) is 11.0. The molecule has 0 heterocycles. The van der Waals surface area contributed by atoms with Crippen LogP contribution in [0.3, 0.4) is 0 Å². The minimum absolute atomic E-state index is 0.121. The first-order valence-corrected chi connectivity index (χ1v) is 11.0. The smallest absolute Gasteiger partial charge is 0.416 e. The molecule has 0 spiro atoms. The Bertz CT molecular complexity index is 1270. The maximum Gasteiger partial charge on any atom is 0.416 e.